The molecule has 0 saturated carbocycles. The van der Waals surface area contributed by atoms with Crippen molar-refractivity contribution >= 4 is 41.6 Å². The molecule has 1 fully saturated rings. The summed E-state index contributed by atoms with van der Waals surface area (Å²) in [6.07, 6.45) is 8.81. The maximum Gasteiger partial charge on any atom is 0.348 e. The molecule has 0 atom stereocenters. The average Bonchev–Trinajstić information content (AvgIpc) is 2.88. The molecule has 1 aromatic rings. The van der Waals surface area contributed by atoms with Gasteiger partial charge in [0.15, 0.2) is 3.95 Å². The zero-order chi connectivity index (χ0) is 20.7. The van der Waals surface area contributed by atoms with E-state index in [1.54, 1.807) is 32.3 Å². The molecule has 1 aliphatic rings. The third-order valence-electron chi connectivity index (χ3n) is 3.89. The van der Waals surface area contributed by atoms with Crippen LogP contribution >= 0.6 is 23.6 Å². The van der Waals surface area contributed by atoms with Crippen LogP contribution in [0.1, 0.15) is 31.6 Å². The predicted molar refractivity (Wildman–Crippen MR) is 106 cm³/mol. The van der Waals surface area contributed by atoms with Crippen molar-refractivity contribution < 1.29 is 28.9 Å². The summed E-state index contributed by atoms with van der Waals surface area (Å²) in [5.74, 6) is -2.82. The van der Waals surface area contributed by atoms with Gasteiger partial charge in [-0.15, -0.1) is 11.3 Å². The van der Waals surface area contributed by atoms with Crippen LogP contribution in [-0.2, 0) is 30.3 Å². The van der Waals surface area contributed by atoms with Crippen LogP contribution in [0.4, 0.5) is 0 Å². The minimum Gasteiger partial charge on any atom is -0.859 e. The monoisotopic (exact) mass is 424 g/mol. The number of hydrogen-bond donors (Lipinski definition) is 0. The van der Waals surface area contributed by atoms with Crippen molar-refractivity contribution in [1.29, 1.82) is 0 Å². The molecular formula is C19H22NO6S2-. The second-order valence-electron chi connectivity index (χ2n) is 6.17. The fourth-order valence-corrected chi connectivity index (χ4v) is 3.81. The fraction of sp³-hybridized carbons (Fsp3) is 0.421. The molecular weight excluding hydrogens is 402 g/mol. The number of rotatable bonds is 8. The van der Waals surface area contributed by atoms with Crippen LogP contribution in [-0.4, -0.2) is 36.0 Å². The number of methoxy groups -OCH3 is 1. The molecule has 7 nitrogen and oxygen atoms in total. The van der Waals surface area contributed by atoms with Gasteiger partial charge in [-0.05, 0) is 36.7 Å². The van der Waals surface area contributed by atoms with Crippen LogP contribution in [0.2, 0.25) is 0 Å². The van der Waals surface area contributed by atoms with E-state index in [0.29, 0.717) is 34.8 Å². The van der Waals surface area contributed by atoms with Gasteiger partial charge in [0.05, 0.1) is 6.61 Å². The normalized spacial score (nSPS) is 20.0. The van der Waals surface area contributed by atoms with Crippen molar-refractivity contribution in [2.45, 2.75) is 39.0 Å². The largest absolute Gasteiger partial charge is 0.859 e. The summed E-state index contributed by atoms with van der Waals surface area (Å²) in [5, 5.41) is 12.2. The van der Waals surface area contributed by atoms with Gasteiger partial charge in [0.1, 0.15) is 5.57 Å². The number of allylic oxidation sites excluding steroid dienone is 4. The summed E-state index contributed by atoms with van der Waals surface area (Å²) in [6, 6.07) is 0. The Morgan fingerprint density at radius 3 is 2.54 bits per heavy atom. The SMILES string of the molecule is CCCC1(C)OC(=O)C(=C/C=C/C=C/c2sc(=S)n(CCOC)c2[O-])C(=O)O1. The number of nitrogens with zero attached hydrogens (tertiary/aromatic N) is 1. The zero-order valence-electron chi connectivity index (χ0n) is 15.9. The topological polar surface area (TPSA) is 89.8 Å². The highest BCUT2D eigenvalue weighted by Crippen LogP contribution is 2.28. The van der Waals surface area contributed by atoms with E-state index >= 15 is 0 Å². The molecule has 1 aromatic heterocycles. The van der Waals surface area contributed by atoms with Gasteiger partial charge in [-0.25, -0.2) is 9.59 Å². The number of carbonyl (C=O) groups is 2. The minimum absolute atomic E-state index is 0.176. The number of carbonyl (C=O) groups excluding carboxylic acids is 2. The van der Waals surface area contributed by atoms with Gasteiger partial charge in [0.25, 0.3) is 5.79 Å². The summed E-state index contributed by atoms with van der Waals surface area (Å²) in [6.45, 7) is 4.28. The standard InChI is InChI=1S/C19H23NO6S2/c1-4-10-19(2)25-16(22)13(17(23)26-19)8-6-5-7-9-14-15(21)20(11-12-24-3)18(27)28-14/h5-9,21H,4,10-12H2,1-3H3/p-1/b6-5+,9-7+,13-8?. The van der Waals surface area contributed by atoms with Crippen LogP contribution < -0.4 is 5.11 Å². The van der Waals surface area contributed by atoms with Crippen LogP contribution in [0.3, 0.4) is 0 Å². The second-order valence-corrected chi connectivity index (χ2v) is 7.84. The molecule has 28 heavy (non-hydrogen) atoms. The van der Waals surface area contributed by atoms with Gasteiger partial charge >= 0.3 is 11.9 Å². The lowest BCUT2D eigenvalue weighted by atomic mass is 10.1. The smallest absolute Gasteiger partial charge is 0.348 e. The first-order valence-electron chi connectivity index (χ1n) is 8.72. The molecule has 0 aromatic carbocycles. The van der Waals surface area contributed by atoms with Crippen LogP contribution in [0.15, 0.2) is 29.9 Å². The first kappa shape index (κ1) is 22.1. The molecule has 0 spiro atoms. The molecule has 1 aliphatic heterocycles. The number of aromatic nitrogens is 1. The van der Waals surface area contributed by atoms with E-state index in [4.69, 9.17) is 26.4 Å². The Morgan fingerprint density at radius 1 is 1.25 bits per heavy atom. The first-order chi connectivity index (χ1) is 13.3. The van der Waals surface area contributed by atoms with Crippen molar-refractivity contribution in [1.82, 2.24) is 4.57 Å². The molecule has 152 valence electrons. The van der Waals surface area contributed by atoms with Crippen LogP contribution in [0.25, 0.3) is 6.08 Å². The van der Waals surface area contributed by atoms with E-state index in [1.165, 1.54) is 28.1 Å². The summed E-state index contributed by atoms with van der Waals surface area (Å²) in [4.78, 5) is 24.6. The number of esters is 2. The van der Waals surface area contributed by atoms with E-state index in [9.17, 15) is 14.7 Å². The lowest BCUT2D eigenvalue weighted by Gasteiger charge is -2.32. The van der Waals surface area contributed by atoms with Gasteiger partial charge in [0, 0.05) is 31.9 Å². The highest BCUT2D eigenvalue weighted by Gasteiger charge is 2.41. The molecule has 0 bridgehead atoms. The first-order valence-corrected chi connectivity index (χ1v) is 9.95. The molecule has 2 heterocycles. The van der Waals surface area contributed by atoms with Crippen LogP contribution in [0.5, 0.6) is 5.88 Å². The van der Waals surface area contributed by atoms with Crippen LogP contribution in [0, 0.1) is 3.95 Å². The molecule has 0 aliphatic carbocycles. The Kier molecular flexibility index (Phi) is 7.73. The van der Waals surface area contributed by atoms with Gasteiger partial charge in [-0.1, -0.05) is 25.2 Å². The van der Waals surface area contributed by atoms with Crippen molar-refractivity contribution in [3.8, 4) is 5.88 Å². The van der Waals surface area contributed by atoms with Gasteiger partial charge in [-0.2, -0.15) is 0 Å². The number of cyclic esters (lactones) is 2. The molecule has 2 rings (SSSR count). The minimum atomic E-state index is -1.21. The third-order valence-corrected chi connectivity index (χ3v) is 5.28. The highest BCUT2D eigenvalue weighted by atomic mass is 32.1. The maximum atomic E-state index is 12.2. The Morgan fingerprint density at radius 2 is 1.93 bits per heavy atom. The predicted octanol–water partition coefficient (Wildman–Crippen LogP) is 3.11. The second kappa shape index (κ2) is 9.81. The zero-order valence-corrected chi connectivity index (χ0v) is 17.6. The molecule has 0 radical (unpaired) electrons. The summed E-state index contributed by atoms with van der Waals surface area (Å²) in [7, 11) is 1.56. The van der Waals surface area contributed by atoms with Crippen molar-refractivity contribution in [3.05, 3.63) is 38.7 Å². The number of thiazole rings is 1. The quantitative estimate of drug-likeness (QED) is 0.208. The molecule has 0 amide bonds. The summed E-state index contributed by atoms with van der Waals surface area (Å²) < 4.78 is 17.4. The van der Waals surface area contributed by atoms with Gasteiger partial charge < -0.3 is 23.9 Å². The lowest BCUT2D eigenvalue weighted by molar-refractivity contribution is -0.279. The Hall–Kier alpha value is -2.23. The van der Waals surface area contributed by atoms with E-state index < -0.39 is 17.7 Å². The maximum absolute atomic E-state index is 12.2. The molecule has 9 heteroatoms. The van der Waals surface area contributed by atoms with E-state index in [-0.39, 0.29) is 11.5 Å². The molecule has 1 saturated heterocycles. The molecule has 0 N–H and O–H groups in total. The van der Waals surface area contributed by atoms with Crippen molar-refractivity contribution in [3.63, 3.8) is 0 Å². The van der Waals surface area contributed by atoms with E-state index in [2.05, 4.69) is 0 Å². The van der Waals surface area contributed by atoms with Gasteiger partial charge in [0.2, 0.25) is 0 Å². The average molecular weight is 425 g/mol. The third kappa shape index (κ3) is 5.40. The Balaban J connectivity index is 2.04. The summed E-state index contributed by atoms with van der Waals surface area (Å²) in [5.41, 5.74) is -0.177. The summed E-state index contributed by atoms with van der Waals surface area (Å²) >= 11 is 6.39. The fourth-order valence-electron chi connectivity index (χ4n) is 2.55. The lowest BCUT2D eigenvalue weighted by Crippen LogP contribution is -2.44. The van der Waals surface area contributed by atoms with Crippen molar-refractivity contribution in [2.75, 3.05) is 13.7 Å². The number of ether oxygens (including phenoxy) is 3. The van der Waals surface area contributed by atoms with Gasteiger partial charge in [-0.3, -0.25) is 0 Å². The van der Waals surface area contributed by atoms with Crippen molar-refractivity contribution in [2.24, 2.45) is 0 Å². The highest BCUT2D eigenvalue weighted by molar-refractivity contribution is 7.73. The molecule has 0 unspecified atom stereocenters. The number of hydrogen-bond acceptors (Lipinski definition) is 8. The Bertz CT molecular complexity index is 857. The Labute approximate surface area is 172 Å². The van der Waals surface area contributed by atoms with E-state index in [0.717, 1.165) is 0 Å². The van der Waals surface area contributed by atoms with E-state index in [1.807, 2.05) is 6.92 Å².